The summed E-state index contributed by atoms with van der Waals surface area (Å²) in [5.41, 5.74) is 4.34. The van der Waals surface area contributed by atoms with Gasteiger partial charge in [-0.3, -0.25) is 0 Å². The number of rotatable bonds is 2. The number of nitrogens with zero attached hydrogens (tertiary/aromatic N) is 2. The average molecular weight is 413 g/mol. The molecule has 146 valence electrons. The zero-order chi connectivity index (χ0) is 20.8. The van der Waals surface area contributed by atoms with Crippen molar-refractivity contribution in [1.29, 1.82) is 0 Å². The molecule has 0 amide bonds. The highest BCUT2D eigenvalue weighted by Gasteiger charge is 2.32. The van der Waals surface area contributed by atoms with E-state index >= 15 is 0 Å². The van der Waals surface area contributed by atoms with Crippen molar-refractivity contribution in [3.05, 3.63) is 82.4 Å². The van der Waals surface area contributed by atoms with Crippen LogP contribution in [0.4, 0.5) is 13.2 Å². The number of aryl methyl sites for hydroxylation is 2. The summed E-state index contributed by atoms with van der Waals surface area (Å²) in [6, 6.07) is 17.3. The van der Waals surface area contributed by atoms with Crippen molar-refractivity contribution >= 4 is 22.6 Å². The second kappa shape index (κ2) is 7.16. The molecule has 0 aliphatic heterocycles. The minimum absolute atomic E-state index is 0.0776. The molecule has 3 aromatic carbocycles. The Hall–Kier alpha value is -2.92. The number of alkyl halides is 3. The van der Waals surface area contributed by atoms with E-state index in [1.165, 1.54) is 0 Å². The maximum absolute atomic E-state index is 13.2. The molecule has 1 heterocycles. The third kappa shape index (κ3) is 3.83. The molecule has 6 heteroatoms. The summed E-state index contributed by atoms with van der Waals surface area (Å²) in [5, 5.41) is -0.0776. The van der Waals surface area contributed by atoms with E-state index in [0.29, 0.717) is 11.4 Å². The molecule has 0 aliphatic rings. The summed E-state index contributed by atoms with van der Waals surface area (Å²) in [6.45, 7) is 3.94. The zero-order valence-electron chi connectivity index (χ0n) is 15.7. The molecule has 0 fully saturated rings. The molecule has 0 spiro atoms. The second-order valence-corrected chi connectivity index (χ2v) is 7.38. The maximum atomic E-state index is 13.2. The number of hydrogen-bond acceptors (Lipinski definition) is 2. The molecule has 1 aromatic heterocycles. The molecule has 29 heavy (non-hydrogen) atoms. The molecule has 4 aromatic rings. The standard InChI is InChI=1S/C23H16ClF3N2/c1-13-3-7-15(8-4-13)20-21(16-9-5-14(2)6-10-16)29-22-18(24)11-17(23(25,26)27)12-19(22)28-20/h3-12H,1-2H3. The summed E-state index contributed by atoms with van der Waals surface area (Å²) in [5.74, 6) is 0. The average Bonchev–Trinajstić information content (AvgIpc) is 2.68. The predicted octanol–water partition coefficient (Wildman–Crippen LogP) is 7.25. The lowest BCUT2D eigenvalue weighted by Gasteiger charge is -2.14. The van der Waals surface area contributed by atoms with Gasteiger partial charge in [0.2, 0.25) is 0 Å². The maximum Gasteiger partial charge on any atom is 0.416 e. The van der Waals surface area contributed by atoms with Crippen LogP contribution in [0.25, 0.3) is 33.5 Å². The van der Waals surface area contributed by atoms with Crippen LogP contribution in [-0.2, 0) is 6.18 Å². The molecule has 0 bridgehead atoms. The van der Waals surface area contributed by atoms with E-state index in [2.05, 4.69) is 9.97 Å². The van der Waals surface area contributed by atoms with Crippen LogP contribution in [0, 0.1) is 13.8 Å². The van der Waals surface area contributed by atoms with Crippen molar-refractivity contribution in [3.8, 4) is 22.5 Å². The third-order valence-corrected chi connectivity index (χ3v) is 4.99. The van der Waals surface area contributed by atoms with Crippen LogP contribution < -0.4 is 0 Å². The highest BCUT2D eigenvalue weighted by atomic mass is 35.5. The lowest BCUT2D eigenvalue weighted by Crippen LogP contribution is -2.06. The molecule has 0 radical (unpaired) electrons. The molecule has 0 saturated carbocycles. The number of halogens is 4. The molecule has 0 atom stereocenters. The minimum atomic E-state index is -4.51. The van der Waals surface area contributed by atoms with E-state index < -0.39 is 11.7 Å². The third-order valence-electron chi connectivity index (χ3n) is 4.70. The largest absolute Gasteiger partial charge is 0.416 e. The van der Waals surface area contributed by atoms with Gasteiger partial charge in [-0.15, -0.1) is 0 Å². The van der Waals surface area contributed by atoms with E-state index in [4.69, 9.17) is 11.6 Å². The van der Waals surface area contributed by atoms with Crippen LogP contribution in [0.3, 0.4) is 0 Å². The van der Waals surface area contributed by atoms with Gasteiger partial charge in [0.15, 0.2) is 0 Å². The molecular weight excluding hydrogens is 397 g/mol. The van der Waals surface area contributed by atoms with Crippen LogP contribution in [-0.4, -0.2) is 9.97 Å². The van der Waals surface area contributed by atoms with Crippen LogP contribution in [0.2, 0.25) is 5.02 Å². The Morgan fingerprint density at radius 1 is 0.724 bits per heavy atom. The fourth-order valence-electron chi connectivity index (χ4n) is 3.11. The summed E-state index contributed by atoms with van der Waals surface area (Å²) >= 11 is 6.17. The predicted molar refractivity (Wildman–Crippen MR) is 110 cm³/mol. The lowest BCUT2D eigenvalue weighted by atomic mass is 10.0. The van der Waals surface area contributed by atoms with Crippen molar-refractivity contribution < 1.29 is 13.2 Å². The molecule has 4 rings (SSSR count). The Labute approximate surface area is 171 Å². The van der Waals surface area contributed by atoms with Crippen LogP contribution in [0.15, 0.2) is 60.7 Å². The first-order valence-corrected chi connectivity index (χ1v) is 9.33. The van der Waals surface area contributed by atoms with Crippen LogP contribution >= 0.6 is 11.6 Å². The van der Waals surface area contributed by atoms with Gasteiger partial charge in [0, 0.05) is 11.1 Å². The van der Waals surface area contributed by atoms with Crippen molar-refractivity contribution in [2.45, 2.75) is 20.0 Å². The lowest BCUT2D eigenvalue weighted by molar-refractivity contribution is -0.137. The quantitative estimate of drug-likeness (QED) is 0.346. The van der Waals surface area contributed by atoms with E-state index in [-0.39, 0.29) is 16.1 Å². The van der Waals surface area contributed by atoms with Crippen LogP contribution in [0.1, 0.15) is 16.7 Å². The van der Waals surface area contributed by atoms with Crippen LogP contribution in [0.5, 0.6) is 0 Å². The van der Waals surface area contributed by atoms with Gasteiger partial charge in [-0.25, -0.2) is 9.97 Å². The normalized spacial score (nSPS) is 11.8. The second-order valence-electron chi connectivity index (χ2n) is 6.98. The van der Waals surface area contributed by atoms with Gasteiger partial charge in [0.1, 0.15) is 5.52 Å². The van der Waals surface area contributed by atoms with E-state index in [0.717, 1.165) is 34.4 Å². The molecule has 0 aliphatic carbocycles. The van der Waals surface area contributed by atoms with E-state index in [1.54, 1.807) is 0 Å². The van der Waals surface area contributed by atoms with Gasteiger partial charge >= 0.3 is 6.18 Å². The molecule has 2 nitrogen and oxygen atoms in total. The fraction of sp³-hybridized carbons (Fsp3) is 0.130. The van der Waals surface area contributed by atoms with E-state index in [9.17, 15) is 13.2 Å². The minimum Gasteiger partial charge on any atom is -0.244 e. The number of benzene rings is 3. The summed E-state index contributed by atoms with van der Waals surface area (Å²) in [6.07, 6.45) is -4.51. The number of aromatic nitrogens is 2. The highest BCUT2D eigenvalue weighted by molar-refractivity contribution is 6.35. The Kier molecular flexibility index (Phi) is 4.79. The molecule has 0 unspecified atom stereocenters. The van der Waals surface area contributed by atoms with Crippen molar-refractivity contribution in [2.75, 3.05) is 0 Å². The molecule has 0 saturated heterocycles. The van der Waals surface area contributed by atoms with Gasteiger partial charge in [-0.2, -0.15) is 13.2 Å². The first-order chi connectivity index (χ1) is 13.7. The SMILES string of the molecule is Cc1ccc(-c2nc3cc(C(F)(F)F)cc(Cl)c3nc2-c2ccc(C)cc2)cc1. The first kappa shape index (κ1) is 19.4. The van der Waals surface area contributed by atoms with Crippen molar-refractivity contribution in [1.82, 2.24) is 9.97 Å². The zero-order valence-corrected chi connectivity index (χ0v) is 16.4. The van der Waals surface area contributed by atoms with Gasteiger partial charge in [0.25, 0.3) is 0 Å². The Bertz CT molecular complexity index is 1200. The topological polar surface area (TPSA) is 25.8 Å². The number of fused-ring (bicyclic) bond motifs is 1. The first-order valence-electron chi connectivity index (χ1n) is 8.95. The van der Waals surface area contributed by atoms with Gasteiger partial charge in [-0.1, -0.05) is 71.3 Å². The fourth-order valence-corrected chi connectivity index (χ4v) is 3.36. The van der Waals surface area contributed by atoms with Gasteiger partial charge < -0.3 is 0 Å². The summed E-state index contributed by atoms with van der Waals surface area (Å²) < 4.78 is 39.7. The molecule has 0 N–H and O–H groups in total. The smallest absolute Gasteiger partial charge is 0.244 e. The molecular formula is C23H16ClF3N2. The Balaban J connectivity index is 2.03. The van der Waals surface area contributed by atoms with Crippen molar-refractivity contribution in [2.24, 2.45) is 0 Å². The number of hydrogen-bond donors (Lipinski definition) is 0. The van der Waals surface area contributed by atoms with Crippen molar-refractivity contribution in [3.63, 3.8) is 0 Å². The van der Waals surface area contributed by atoms with E-state index in [1.807, 2.05) is 62.4 Å². The Morgan fingerprint density at radius 3 is 1.69 bits per heavy atom. The summed E-state index contributed by atoms with van der Waals surface area (Å²) in [4.78, 5) is 9.20. The monoisotopic (exact) mass is 412 g/mol. The van der Waals surface area contributed by atoms with Gasteiger partial charge in [-0.05, 0) is 26.0 Å². The summed E-state index contributed by atoms with van der Waals surface area (Å²) in [7, 11) is 0. The highest BCUT2D eigenvalue weighted by Crippen LogP contribution is 2.37. The van der Waals surface area contributed by atoms with Gasteiger partial charge in [0.05, 0.1) is 27.5 Å². The Morgan fingerprint density at radius 2 is 1.21 bits per heavy atom.